The topological polar surface area (TPSA) is 76.0 Å². The van der Waals surface area contributed by atoms with Crippen molar-refractivity contribution >= 4 is 28.0 Å². The molecule has 0 fully saturated rings. The van der Waals surface area contributed by atoms with E-state index in [1.807, 2.05) is 6.20 Å². The summed E-state index contributed by atoms with van der Waals surface area (Å²) in [5.41, 5.74) is 3.73. The summed E-state index contributed by atoms with van der Waals surface area (Å²) in [7, 11) is 1.57. The fourth-order valence-corrected chi connectivity index (χ4v) is 2.73. The molecule has 0 saturated carbocycles. The van der Waals surface area contributed by atoms with Gasteiger partial charge in [-0.1, -0.05) is 12.1 Å². The monoisotopic (exact) mass is 308 g/mol. The molecule has 4 aromatic rings. The Morgan fingerprint density at radius 1 is 1.22 bits per heavy atom. The summed E-state index contributed by atoms with van der Waals surface area (Å²) in [6.45, 7) is 0.733. The van der Waals surface area contributed by atoms with E-state index in [1.165, 1.54) is 10.9 Å². The summed E-state index contributed by atoms with van der Waals surface area (Å²) in [6, 6.07) is 10.2. The number of anilines is 1. The van der Waals surface area contributed by atoms with Gasteiger partial charge in [0.15, 0.2) is 0 Å². The number of rotatable bonds is 5. The van der Waals surface area contributed by atoms with Crippen LogP contribution in [0.4, 0.5) is 5.95 Å². The third-order valence-electron chi connectivity index (χ3n) is 3.83. The molecule has 2 N–H and O–H groups in total. The zero-order valence-corrected chi connectivity index (χ0v) is 12.7. The number of aromatic nitrogens is 3. The van der Waals surface area contributed by atoms with Crippen molar-refractivity contribution in [2.45, 2.75) is 6.42 Å². The van der Waals surface area contributed by atoms with Crippen molar-refractivity contribution in [2.24, 2.45) is 0 Å². The van der Waals surface area contributed by atoms with Crippen LogP contribution in [0.2, 0.25) is 0 Å². The molecule has 0 spiro atoms. The summed E-state index contributed by atoms with van der Waals surface area (Å²) >= 11 is 0. The molecule has 4 rings (SSSR count). The Labute approximate surface area is 132 Å². The molecule has 0 aliphatic carbocycles. The van der Waals surface area contributed by atoms with Crippen molar-refractivity contribution in [1.82, 2.24) is 15.0 Å². The number of methoxy groups -OCH3 is 1. The first-order valence-corrected chi connectivity index (χ1v) is 7.43. The van der Waals surface area contributed by atoms with Crippen molar-refractivity contribution in [2.75, 3.05) is 19.0 Å². The van der Waals surface area contributed by atoms with Gasteiger partial charge in [0.25, 0.3) is 5.88 Å². The highest BCUT2D eigenvalue weighted by atomic mass is 16.5. The molecule has 3 heterocycles. The van der Waals surface area contributed by atoms with Crippen molar-refractivity contribution in [1.29, 1.82) is 0 Å². The lowest BCUT2D eigenvalue weighted by Crippen LogP contribution is -2.08. The van der Waals surface area contributed by atoms with Crippen molar-refractivity contribution in [3.8, 4) is 5.88 Å². The first-order valence-electron chi connectivity index (χ1n) is 7.43. The average molecular weight is 308 g/mol. The number of ether oxygens (including phenoxy) is 1. The Morgan fingerprint density at radius 2 is 2.17 bits per heavy atom. The molecule has 0 saturated heterocycles. The third kappa shape index (κ3) is 2.48. The molecule has 6 heteroatoms. The largest absolute Gasteiger partial charge is 0.478 e. The van der Waals surface area contributed by atoms with Gasteiger partial charge in [0, 0.05) is 29.7 Å². The van der Waals surface area contributed by atoms with E-state index in [1.54, 1.807) is 19.4 Å². The zero-order chi connectivity index (χ0) is 15.6. The van der Waals surface area contributed by atoms with Gasteiger partial charge < -0.3 is 19.5 Å². The maximum atomic E-state index is 5.33. The first-order chi connectivity index (χ1) is 11.3. The standard InChI is InChI=1S/C17H16N4O2/c1-22-16-15-14(7-10-23-15)20-17(21-16)19-8-5-11-3-2-4-13-12(11)6-9-18-13/h2-4,6-7,9-10,18H,5,8H2,1H3,(H,19,20,21). The minimum Gasteiger partial charge on any atom is -0.478 e. The van der Waals surface area contributed by atoms with Gasteiger partial charge in [-0.05, 0) is 24.1 Å². The number of aromatic amines is 1. The predicted molar refractivity (Wildman–Crippen MR) is 88.8 cm³/mol. The van der Waals surface area contributed by atoms with Gasteiger partial charge in [0.1, 0.15) is 5.52 Å². The van der Waals surface area contributed by atoms with Crippen LogP contribution in [0.15, 0.2) is 47.2 Å². The minimum absolute atomic E-state index is 0.440. The lowest BCUT2D eigenvalue weighted by Gasteiger charge is -2.07. The summed E-state index contributed by atoms with van der Waals surface area (Å²) in [5, 5.41) is 4.50. The number of fused-ring (bicyclic) bond motifs is 2. The van der Waals surface area contributed by atoms with E-state index in [-0.39, 0.29) is 0 Å². The molecule has 3 aromatic heterocycles. The summed E-state index contributed by atoms with van der Waals surface area (Å²) in [6.07, 6.45) is 4.42. The number of nitrogens with zero attached hydrogens (tertiary/aromatic N) is 2. The number of hydrogen-bond donors (Lipinski definition) is 2. The van der Waals surface area contributed by atoms with Gasteiger partial charge >= 0.3 is 0 Å². The molecule has 116 valence electrons. The molecule has 0 aliphatic rings. The number of hydrogen-bond acceptors (Lipinski definition) is 5. The van der Waals surface area contributed by atoms with Crippen LogP contribution in [0.25, 0.3) is 22.0 Å². The Morgan fingerprint density at radius 3 is 3.09 bits per heavy atom. The predicted octanol–water partition coefficient (Wildman–Crippen LogP) is 3.37. The van der Waals surface area contributed by atoms with E-state index in [9.17, 15) is 0 Å². The van der Waals surface area contributed by atoms with Crippen LogP contribution in [0, 0.1) is 0 Å². The fraction of sp³-hybridized carbons (Fsp3) is 0.176. The van der Waals surface area contributed by atoms with Crippen molar-refractivity contribution < 1.29 is 9.15 Å². The smallest absolute Gasteiger partial charge is 0.263 e. The van der Waals surface area contributed by atoms with Crippen LogP contribution >= 0.6 is 0 Å². The maximum absolute atomic E-state index is 5.33. The molecular formula is C17H16N4O2. The van der Waals surface area contributed by atoms with Gasteiger partial charge in [0.2, 0.25) is 11.5 Å². The second-order valence-corrected chi connectivity index (χ2v) is 5.22. The van der Waals surface area contributed by atoms with Gasteiger partial charge in [-0.15, -0.1) is 0 Å². The molecule has 0 bridgehead atoms. The summed E-state index contributed by atoms with van der Waals surface area (Å²) < 4.78 is 10.6. The second-order valence-electron chi connectivity index (χ2n) is 5.22. The number of H-pyrrole nitrogens is 1. The van der Waals surface area contributed by atoms with Crippen LogP contribution in [-0.4, -0.2) is 28.6 Å². The molecular weight excluding hydrogens is 292 g/mol. The maximum Gasteiger partial charge on any atom is 0.263 e. The molecule has 0 amide bonds. The lowest BCUT2D eigenvalue weighted by atomic mass is 10.1. The Hall–Kier alpha value is -3.02. The fourth-order valence-electron chi connectivity index (χ4n) is 2.73. The van der Waals surface area contributed by atoms with Crippen LogP contribution in [0.3, 0.4) is 0 Å². The van der Waals surface area contributed by atoms with Crippen LogP contribution < -0.4 is 10.1 Å². The van der Waals surface area contributed by atoms with Crippen LogP contribution in [-0.2, 0) is 6.42 Å². The second kappa shape index (κ2) is 5.64. The highest BCUT2D eigenvalue weighted by molar-refractivity contribution is 5.83. The number of furan rings is 1. The van der Waals surface area contributed by atoms with Crippen LogP contribution in [0.1, 0.15) is 5.56 Å². The summed E-state index contributed by atoms with van der Waals surface area (Å²) in [4.78, 5) is 12.0. The summed E-state index contributed by atoms with van der Waals surface area (Å²) in [5.74, 6) is 0.979. The van der Waals surface area contributed by atoms with Gasteiger partial charge in [-0.2, -0.15) is 4.98 Å². The van der Waals surface area contributed by atoms with E-state index in [2.05, 4.69) is 44.5 Å². The number of nitrogens with one attached hydrogen (secondary N) is 2. The van der Waals surface area contributed by atoms with Gasteiger partial charge in [0.05, 0.1) is 13.4 Å². The van der Waals surface area contributed by atoms with E-state index in [0.717, 1.165) is 24.0 Å². The highest BCUT2D eigenvalue weighted by Crippen LogP contribution is 2.24. The number of benzene rings is 1. The minimum atomic E-state index is 0.440. The van der Waals surface area contributed by atoms with Crippen molar-refractivity contribution in [3.63, 3.8) is 0 Å². The van der Waals surface area contributed by atoms with Gasteiger partial charge in [-0.3, -0.25) is 0 Å². The van der Waals surface area contributed by atoms with E-state index in [0.29, 0.717) is 17.4 Å². The molecule has 23 heavy (non-hydrogen) atoms. The molecule has 0 radical (unpaired) electrons. The molecule has 0 atom stereocenters. The molecule has 0 unspecified atom stereocenters. The SMILES string of the molecule is COc1nc(NCCc2cccc3[nH]ccc23)nc2ccoc12. The lowest BCUT2D eigenvalue weighted by molar-refractivity contribution is 0.393. The Bertz CT molecular complexity index is 957. The third-order valence-corrected chi connectivity index (χ3v) is 3.83. The average Bonchev–Trinajstić information content (AvgIpc) is 3.23. The van der Waals surface area contributed by atoms with Gasteiger partial charge in [-0.25, -0.2) is 4.98 Å². The molecule has 1 aromatic carbocycles. The van der Waals surface area contributed by atoms with E-state index >= 15 is 0 Å². The molecule has 0 aliphatic heterocycles. The van der Waals surface area contributed by atoms with E-state index < -0.39 is 0 Å². The zero-order valence-electron chi connectivity index (χ0n) is 12.7. The van der Waals surface area contributed by atoms with Crippen LogP contribution in [0.5, 0.6) is 5.88 Å². The molecule has 6 nitrogen and oxygen atoms in total. The normalized spacial score (nSPS) is 11.2. The van der Waals surface area contributed by atoms with Crippen molar-refractivity contribution in [3.05, 3.63) is 48.4 Å². The Kier molecular flexibility index (Phi) is 3.34. The Balaban J connectivity index is 1.52. The van der Waals surface area contributed by atoms with E-state index in [4.69, 9.17) is 9.15 Å². The quantitative estimate of drug-likeness (QED) is 0.591. The highest BCUT2D eigenvalue weighted by Gasteiger charge is 2.10. The first kappa shape index (κ1) is 13.6.